The third-order valence-corrected chi connectivity index (χ3v) is 3.85. The van der Waals surface area contributed by atoms with Gasteiger partial charge in [0, 0.05) is 49.7 Å². The Labute approximate surface area is 113 Å². The number of ketones is 1. The van der Waals surface area contributed by atoms with Crippen LogP contribution >= 0.6 is 0 Å². The number of piperazine rings is 1. The Morgan fingerprint density at radius 1 is 1.16 bits per heavy atom. The molecule has 4 nitrogen and oxygen atoms in total. The molecule has 1 N–H and O–H groups in total. The number of fused-ring (bicyclic) bond motifs is 1. The van der Waals surface area contributed by atoms with Crippen LogP contribution in [0.2, 0.25) is 0 Å². The van der Waals surface area contributed by atoms with Crippen molar-refractivity contribution >= 4 is 22.4 Å². The van der Waals surface area contributed by atoms with E-state index < -0.39 is 0 Å². The molecule has 1 aromatic carbocycles. The van der Waals surface area contributed by atoms with Gasteiger partial charge in [0.15, 0.2) is 5.78 Å². The molecule has 1 saturated heterocycles. The van der Waals surface area contributed by atoms with Crippen molar-refractivity contribution in [3.05, 3.63) is 30.0 Å². The van der Waals surface area contributed by atoms with E-state index in [0.717, 1.165) is 37.1 Å². The van der Waals surface area contributed by atoms with Crippen molar-refractivity contribution in [1.29, 1.82) is 0 Å². The number of hydrogen-bond donors (Lipinski definition) is 1. The number of hydrogen-bond acceptors (Lipinski definition) is 3. The highest BCUT2D eigenvalue weighted by Crippen LogP contribution is 2.23. The van der Waals surface area contributed by atoms with Crippen LogP contribution in [-0.2, 0) is 0 Å². The summed E-state index contributed by atoms with van der Waals surface area (Å²) in [6, 6.07) is 8.31. The lowest BCUT2D eigenvalue weighted by molar-refractivity contribution is 0.101. The van der Waals surface area contributed by atoms with Crippen LogP contribution in [0.4, 0.5) is 5.69 Å². The summed E-state index contributed by atoms with van der Waals surface area (Å²) in [6.45, 7) is 5.91. The molecule has 4 heteroatoms. The van der Waals surface area contributed by atoms with E-state index >= 15 is 0 Å². The van der Waals surface area contributed by atoms with E-state index in [1.807, 2.05) is 6.07 Å². The lowest BCUT2D eigenvalue weighted by atomic mass is 10.2. The predicted molar refractivity (Wildman–Crippen MR) is 78.0 cm³/mol. The number of Topliss-reactive ketones (excluding diaryl/α,β-unsaturated/α-hetero) is 1. The maximum atomic E-state index is 11.4. The third kappa shape index (κ3) is 2.36. The number of benzene rings is 1. The first-order valence-corrected chi connectivity index (χ1v) is 6.71. The van der Waals surface area contributed by atoms with Gasteiger partial charge in [-0.15, -0.1) is 0 Å². The minimum Gasteiger partial charge on any atom is -0.369 e. The quantitative estimate of drug-likeness (QED) is 0.838. The van der Waals surface area contributed by atoms with E-state index in [-0.39, 0.29) is 5.78 Å². The van der Waals surface area contributed by atoms with Gasteiger partial charge < -0.3 is 14.8 Å². The molecule has 1 aliphatic rings. The fraction of sp³-hybridized carbons (Fsp3) is 0.400. The van der Waals surface area contributed by atoms with Crippen LogP contribution in [0.25, 0.3) is 10.9 Å². The number of nitrogens with zero attached hydrogens (tertiary/aromatic N) is 2. The topological polar surface area (TPSA) is 39.3 Å². The maximum Gasteiger partial charge on any atom is 0.175 e. The minimum absolute atomic E-state index is 0.0809. The molecule has 0 radical (unpaired) electrons. The first-order valence-electron chi connectivity index (χ1n) is 6.71. The Balaban J connectivity index is 1.90. The van der Waals surface area contributed by atoms with Crippen LogP contribution in [0.1, 0.15) is 17.4 Å². The minimum atomic E-state index is 0.0809. The molecule has 1 fully saturated rings. The molecule has 2 heterocycles. The molecule has 0 amide bonds. The molecule has 0 unspecified atom stereocenters. The normalized spacial score (nSPS) is 17.1. The molecule has 0 atom stereocenters. The first kappa shape index (κ1) is 12.2. The highest BCUT2D eigenvalue weighted by molar-refractivity contribution is 5.98. The van der Waals surface area contributed by atoms with Gasteiger partial charge in [0.05, 0.1) is 5.69 Å². The predicted octanol–water partition coefficient (Wildman–Crippen LogP) is 2.12. The third-order valence-electron chi connectivity index (χ3n) is 3.85. The van der Waals surface area contributed by atoms with E-state index in [1.54, 1.807) is 6.92 Å². The number of rotatable bonds is 2. The second kappa shape index (κ2) is 4.70. The summed E-state index contributed by atoms with van der Waals surface area (Å²) in [7, 11) is 2.16. The Hall–Kier alpha value is -1.81. The molecular weight excluding hydrogens is 238 g/mol. The molecular formula is C15H19N3O. The first-order chi connectivity index (χ1) is 9.13. The zero-order chi connectivity index (χ0) is 13.4. The SMILES string of the molecule is CC(=O)c1cc2cc(N3CCN(C)CC3)ccc2[nH]1. The van der Waals surface area contributed by atoms with Crippen LogP contribution in [-0.4, -0.2) is 48.9 Å². The summed E-state index contributed by atoms with van der Waals surface area (Å²) in [5.74, 6) is 0.0809. The number of nitrogens with one attached hydrogen (secondary N) is 1. The summed E-state index contributed by atoms with van der Waals surface area (Å²) >= 11 is 0. The summed E-state index contributed by atoms with van der Waals surface area (Å²) in [6.07, 6.45) is 0. The van der Waals surface area contributed by atoms with Crippen molar-refractivity contribution in [2.45, 2.75) is 6.92 Å². The average molecular weight is 257 g/mol. The zero-order valence-corrected chi connectivity index (χ0v) is 11.4. The molecule has 0 aliphatic carbocycles. The number of carbonyl (C=O) groups is 1. The van der Waals surface area contributed by atoms with Crippen molar-refractivity contribution in [3.8, 4) is 0 Å². The molecule has 1 aliphatic heterocycles. The highest BCUT2D eigenvalue weighted by atomic mass is 16.1. The van der Waals surface area contributed by atoms with E-state index in [1.165, 1.54) is 5.69 Å². The van der Waals surface area contributed by atoms with E-state index in [0.29, 0.717) is 5.69 Å². The van der Waals surface area contributed by atoms with E-state index in [4.69, 9.17) is 0 Å². The molecule has 0 spiro atoms. The molecule has 0 bridgehead atoms. The molecule has 19 heavy (non-hydrogen) atoms. The molecule has 0 saturated carbocycles. The molecule has 100 valence electrons. The standard InChI is InChI=1S/C15H19N3O/c1-11(19)15-10-12-9-13(3-4-14(12)16-15)18-7-5-17(2)6-8-18/h3-4,9-10,16H,5-8H2,1-2H3. The number of carbonyl (C=O) groups excluding carboxylic acids is 1. The average Bonchev–Trinajstić information content (AvgIpc) is 2.82. The second-order valence-corrected chi connectivity index (χ2v) is 5.30. The number of anilines is 1. The van der Waals surface area contributed by atoms with Crippen molar-refractivity contribution in [2.24, 2.45) is 0 Å². The van der Waals surface area contributed by atoms with Crippen molar-refractivity contribution in [1.82, 2.24) is 9.88 Å². The van der Waals surface area contributed by atoms with E-state index in [9.17, 15) is 4.79 Å². The largest absolute Gasteiger partial charge is 0.369 e. The fourth-order valence-electron chi connectivity index (χ4n) is 2.57. The van der Waals surface area contributed by atoms with Crippen molar-refractivity contribution in [3.63, 3.8) is 0 Å². The van der Waals surface area contributed by atoms with Crippen LogP contribution in [0.3, 0.4) is 0 Å². The van der Waals surface area contributed by atoms with Gasteiger partial charge in [0.25, 0.3) is 0 Å². The zero-order valence-electron chi connectivity index (χ0n) is 11.4. The van der Waals surface area contributed by atoms with Gasteiger partial charge in [-0.25, -0.2) is 0 Å². The van der Waals surface area contributed by atoms with Gasteiger partial charge in [0.1, 0.15) is 0 Å². The Kier molecular flexibility index (Phi) is 3.03. The maximum absolute atomic E-state index is 11.4. The van der Waals surface area contributed by atoms with Gasteiger partial charge in [-0.05, 0) is 31.3 Å². The number of aromatic nitrogens is 1. The molecule has 3 rings (SSSR count). The lowest BCUT2D eigenvalue weighted by Gasteiger charge is -2.34. The Morgan fingerprint density at radius 2 is 1.89 bits per heavy atom. The van der Waals surface area contributed by atoms with Crippen LogP contribution in [0.5, 0.6) is 0 Å². The smallest absolute Gasteiger partial charge is 0.175 e. The monoisotopic (exact) mass is 257 g/mol. The van der Waals surface area contributed by atoms with Crippen LogP contribution < -0.4 is 4.90 Å². The van der Waals surface area contributed by atoms with Crippen molar-refractivity contribution in [2.75, 3.05) is 38.1 Å². The lowest BCUT2D eigenvalue weighted by Crippen LogP contribution is -2.44. The van der Waals surface area contributed by atoms with Gasteiger partial charge in [-0.1, -0.05) is 0 Å². The summed E-state index contributed by atoms with van der Waals surface area (Å²) in [5.41, 5.74) is 2.96. The Morgan fingerprint density at radius 3 is 2.58 bits per heavy atom. The fourth-order valence-corrected chi connectivity index (χ4v) is 2.57. The van der Waals surface area contributed by atoms with Gasteiger partial charge >= 0.3 is 0 Å². The molecule has 1 aromatic heterocycles. The second-order valence-electron chi connectivity index (χ2n) is 5.30. The number of H-pyrrole nitrogens is 1. The van der Waals surface area contributed by atoms with Gasteiger partial charge in [0.2, 0.25) is 0 Å². The van der Waals surface area contributed by atoms with Crippen molar-refractivity contribution < 1.29 is 4.79 Å². The number of likely N-dealkylation sites (N-methyl/N-ethyl adjacent to an activating group) is 1. The summed E-state index contributed by atoms with van der Waals surface area (Å²) in [4.78, 5) is 19.3. The highest BCUT2D eigenvalue weighted by Gasteiger charge is 2.15. The number of aromatic amines is 1. The van der Waals surface area contributed by atoms with Crippen LogP contribution in [0, 0.1) is 0 Å². The van der Waals surface area contributed by atoms with Crippen LogP contribution in [0.15, 0.2) is 24.3 Å². The van der Waals surface area contributed by atoms with Gasteiger partial charge in [-0.3, -0.25) is 4.79 Å². The van der Waals surface area contributed by atoms with E-state index in [2.05, 4.69) is 40.0 Å². The van der Waals surface area contributed by atoms with Gasteiger partial charge in [-0.2, -0.15) is 0 Å². The molecule has 2 aromatic rings. The Bertz CT molecular complexity index is 609. The summed E-state index contributed by atoms with van der Waals surface area (Å²) < 4.78 is 0. The summed E-state index contributed by atoms with van der Waals surface area (Å²) in [5, 5.41) is 1.11.